The van der Waals surface area contributed by atoms with Crippen LogP contribution in [0.3, 0.4) is 0 Å². The van der Waals surface area contributed by atoms with E-state index < -0.39 is 4.92 Å². The number of nitrogens with zero attached hydrogens (tertiary/aromatic N) is 1. The average molecular weight is 247 g/mol. The van der Waals surface area contributed by atoms with Crippen LogP contribution < -0.4 is 5.73 Å². The second kappa shape index (κ2) is 6.42. The third-order valence-electron chi connectivity index (χ3n) is 2.30. The summed E-state index contributed by atoms with van der Waals surface area (Å²) in [4.78, 5) is 10.2. The molecule has 0 radical (unpaired) electrons. The van der Waals surface area contributed by atoms with Crippen molar-refractivity contribution in [1.82, 2.24) is 0 Å². The topological polar surface area (TPSA) is 89.4 Å². The van der Waals surface area contributed by atoms with Crippen molar-refractivity contribution in [2.75, 3.05) is 6.61 Å². The molecule has 0 heterocycles. The van der Waals surface area contributed by atoms with E-state index in [1.165, 1.54) is 6.07 Å². The largest absolute Gasteiger partial charge is 0.396 e. The van der Waals surface area contributed by atoms with Crippen LogP contribution in [0.1, 0.15) is 23.6 Å². The van der Waals surface area contributed by atoms with E-state index in [2.05, 4.69) is 0 Å². The predicted octanol–water partition coefficient (Wildman–Crippen LogP) is 1.71. The summed E-state index contributed by atoms with van der Waals surface area (Å²) in [6.07, 6.45) is 0.403. The molecule has 90 valence electrons. The minimum absolute atomic E-state index is 0. The average Bonchev–Trinajstić information content (AvgIpc) is 2.18. The SMILES string of the molecule is Cc1ccc([C@@H](N)CCO)cc1[N+](=O)[O-].Cl. The predicted molar refractivity (Wildman–Crippen MR) is 63.7 cm³/mol. The summed E-state index contributed by atoms with van der Waals surface area (Å²) in [6.45, 7) is 1.66. The molecule has 0 amide bonds. The van der Waals surface area contributed by atoms with Crippen molar-refractivity contribution >= 4 is 18.1 Å². The standard InChI is InChI=1S/C10H14N2O3.ClH/c1-7-2-3-8(9(11)4-5-13)6-10(7)12(14)15;/h2-3,6,9,13H,4-5,11H2,1H3;1H/t9-;/m0./s1. The zero-order valence-electron chi connectivity index (χ0n) is 8.92. The highest BCUT2D eigenvalue weighted by molar-refractivity contribution is 5.85. The van der Waals surface area contributed by atoms with Gasteiger partial charge in [-0.2, -0.15) is 0 Å². The molecule has 0 aliphatic heterocycles. The Hall–Kier alpha value is -1.17. The first-order valence-corrected chi connectivity index (χ1v) is 4.67. The van der Waals surface area contributed by atoms with Crippen LogP contribution in [-0.2, 0) is 0 Å². The molecule has 5 nitrogen and oxygen atoms in total. The molecule has 0 aliphatic rings. The Morgan fingerprint density at radius 3 is 2.69 bits per heavy atom. The fourth-order valence-corrected chi connectivity index (χ4v) is 1.36. The number of hydrogen-bond donors (Lipinski definition) is 2. The molecule has 0 saturated heterocycles. The summed E-state index contributed by atoms with van der Waals surface area (Å²) in [5.41, 5.74) is 7.11. The molecule has 3 N–H and O–H groups in total. The highest BCUT2D eigenvalue weighted by Gasteiger charge is 2.14. The molecule has 0 bridgehead atoms. The Labute approximate surface area is 99.8 Å². The first-order valence-electron chi connectivity index (χ1n) is 4.67. The number of halogens is 1. The van der Waals surface area contributed by atoms with Crippen LogP contribution in [0.15, 0.2) is 18.2 Å². The number of nitro benzene ring substituents is 1. The van der Waals surface area contributed by atoms with Crippen LogP contribution in [0, 0.1) is 17.0 Å². The highest BCUT2D eigenvalue weighted by atomic mass is 35.5. The molecule has 1 rings (SSSR count). The normalized spacial score (nSPS) is 11.7. The van der Waals surface area contributed by atoms with Gasteiger partial charge in [0.25, 0.3) is 5.69 Å². The van der Waals surface area contributed by atoms with Gasteiger partial charge in [0.1, 0.15) is 0 Å². The van der Waals surface area contributed by atoms with Crippen molar-refractivity contribution < 1.29 is 10.0 Å². The second-order valence-electron chi connectivity index (χ2n) is 3.42. The maximum atomic E-state index is 10.7. The number of aryl methyl sites for hydroxylation is 1. The van der Waals surface area contributed by atoms with Gasteiger partial charge >= 0.3 is 0 Å². The number of rotatable bonds is 4. The Balaban J connectivity index is 0.00000225. The summed E-state index contributed by atoms with van der Waals surface area (Å²) >= 11 is 0. The summed E-state index contributed by atoms with van der Waals surface area (Å²) in [6, 6.07) is 4.54. The zero-order valence-corrected chi connectivity index (χ0v) is 9.74. The van der Waals surface area contributed by atoms with Crippen molar-refractivity contribution in [1.29, 1.82) is 0 Å². The van der Waals surface area contributed by atoms with Gasteiger partial charge in [-0.25, -0.2) is 0 Å². The van der Waals surface area contributed by atoms with E-state index in [0.717, 1.165) is 0 Å². The Morgan fingerprint density at radius 2 is 2.19 bits per heavy atom. The van der Waals surface area contributed by atoms with E-state index >= 15 is 0 Å². The lowest BCUT2D eigenvalue weighted by atomic mass is 10.0. The molecular formula is C10H15ClN2O3. The Bertz CT molecular complexity index is 371. The number of aliphatic hydroxyl groups is 1. The minimum Gasteiger partial charge on any atom is -0.396 e. The lowest BCUT2D eigenvalue weighted by molar-refractivity contribution is -0.385. The van der Waals surface area contributed by atoms with E-state index in [1.54, 1.807) is 19.1 Å². The van der Waals surface area contributed by atoms with E-state index in [4.69, 9.17) is 10.8 Å². The van der Waals surface area contributed by atoms with Crippen LogP contribution >= 0.6 is 12.4 Å². The van der Waals surface area contributed by atoms with Crippen molar-refractivity contribution in [3.8, 4) is 0 Å². The summed E-state index contributed by atoms with van der Waals surface area (Å²) in [5, 5.41) is 19.4. The molecule has 1 aromatic rings. The number of nitrogens with two attached hydrogens (primary N) is 1. The van der Waals surface area contributed by atoms with Gasteiger partial charge < -0.3 is 10.8 Å². The quantitative estimate of drug-likeness (QED) is 0.625. The maximum absolute atomic E-state index is 10.7. The second-order valence-corrected chi connectivity index (χ2v) is 3.42. The van der Waals surface area contributed by atoms with Crippen molar-refractivity contribution in [2.45, 2.75) is 19.4 Å². The first kappa shape index (κ1) is 14.8. The zero-order chi connectivity index (χ0) is 11.4. The highest BCUT2D eigenvalue weighted by Crippen LogP contribution is 2.23. The smallest absolute Gasteiger partial charge is 0.272 e. The van der Waals surface area contributed by atoms with E-state index in [0.29, 0.717) is 17.5 Å². The molecule has 0 unspecified atom stereocenters. The van der Waals surface area contributed by atoms with Crippen molar-refractivity contribution in [3.63, 3.8) is 0 Å². The van der Waals surface area contributed by atoms with Crippen molar-refractivity contribution in [3.05, 3.63) is 39.4 Å². The van der Waals surface area contributed by atoms with Gasteiger partial charge in [0.15, 0.2) is 0 Å². The molecule has 0 fully saturated rings. The fourth-order valence-electron chi connectivity index (χ4n) is 1.36. The first-order chi connectivity index (χ1) is 7.06. The van der Waals surface area contributed by atoms with Crippen LogP contribution in [0.5, 0.6) is 0 Å². The van der Waals surface area contributed by atoms with Gasteiger partial charge in [0, 0.05) is 24.3 Å². The number of nitro groups is 1. The van der Waals surface area contributed by atoms with E-state index in [9.17, 15) is 10.1 Å². The molecular weight excluding hydrogens is 232 g/mol. The third-order valence-corrected chi connectivity index (χ3v) is 2.30. The summed E-state index contributed by atoms with van der Waals surface area (Å²) < 4.78 is 0. The number of aliphatic hydroxyl groups excluding tert-OH is 1. The molecule has 16 heavy (non-hydrogen) atoms. The van der Waals surface area contributed by atoms with Gasteiger partial charge in [0.2, 0.25) is 0 Å². The minimum atomic E-state index is -0.426. The van der Waals surface area contributed by atoms with Crippen LogP contribution in [-0.4, -0.2) is 16.6 Å². The monoisotopic (exact) mass is 246 g/mol. The van der Waals surface area contributed by atoms with Crippen LogP contribution in [0.2, 0.25) is 0 Å². The third kappa shape index (κ3) is 3.44. The molecule has 0 aromatic heterocycles. The van der Waals surface area contributed by atoms with Crippen LogP contribution in [0.25, 0.3) is 0 Å². The van der Waals surface area contributed by atoms with Gasteiger partial charge in [0.05, 0.1) is 4.92 Å². The number of benzene rings is 1. The van der Waals surface area contributed by atoms with E-state index in [1.807, 2.05) is 0 Å². The summed E-state index contributed by atoms with van der Waals surface area (Å²) in [7, 11) is 0. The van der Waals surface area contributed by atoms with Gasteiger partial charge in [-0.3, -0.25) is 10.1 Å². The number of hydrogen-bond acceptors (Lipinski definition) is 4. The molecule has 0 spiro atoms. The van der Waals surface area contributed by atoms with Gasteiger partial charge in [-0.05, 0) is 18.9 Å². The fraction of sp³-hybridized carbons (Fsp3) is 0.400. The lowest BCUT2D eigenvalue weighted by Crippen LogP contribution is -2.12. The van der Waals surface area contributed by atoms with Gasteiger partial charge in [-0.1, -0.05) is 12.1 Å². The Morgan fingerprint density at radius 1 is 1.56 bits per heavy atom. The molecule has 1 aromatic carbocycles. The molecule has 1 atom stereocenters. The van der Waals surface area contributed by atoms with Gasteiger partial charge in [-0.15, -0.1) is 12.4 Å². The van der Waals surface area contributed by atoms with Crippen molar-refractivity contribution in [2.24, 2.45) is 5.73 Å². The van der Waals surface area contributed by atoms with E-state index in [-0.39, 0.29) is 30.7 Å². The van der Waals surface area contributed by atoms with Crippen LogP contribution in [0.4, 0.5) is 5.69 Å². The lowest BCUT2D eigenvalue weighted by Gasteiger charge is -2.10. The summed E-state index contributed by atoms with van der Waals surface area (Å²) in [5.74, 6) is 0. The maximum Gasteiger partial charge on any atom is 0.272 e. The molecule has 0 aliphatic carbocycles. The Kier molecular flexibility index (Phi) is 5.95. The molecule has 0 saturated carbocycles. The molecule has 6 heteroatoms.